The molecule has 0 saturated heterocycles. The highest BCUT2D eigenvalue weighted by molar-refractivity contribution is 6.10. The second kappa shape index (κ2) is 10.0. The number of benzene rings is 2. The van der Waals surface area contributed by atoms with E-state index in [0.29, 0.717) is 23.3 Å². The Hall–Kier alpha value is -3.74. The van der Waals surface area contributed by atoms with Gasteiger partial charge in [-0.05, 0) is 48.8 Å². The summed E-state index contributed by atoms with van der Waals surface area (Å²) >= 11 is 0. The number of phenols is 1. The second-order valence-corrected chi connectivity index (χ2v) is 8.69. The number of ether oxygens (including phenoxy) is 1. The molecule has 0 aliphatic rings. The Morgan fingerprint density at radius 1 is 1.06 bits per heavy atom. The average molecular weight is 437 g/mol. The van der Waals surface area contributed by atoms with E-state index in [2.05, 4.69) is 0 Å². The van der Waals surface area contributed by atoms with Crippen molar-refractivity contribution in [1.82, 2.24) is 0 Å². The number of carbonyl (C=O) groups excluding carboxylic acids is 1. The fraction of sp³-hybridized carbons (Fsp3) is 0.280. The summed E-state index contributed by atoms with van der Waals surface area (Å²) in [6.45, 7) is 7.40. The maximum Gasteiger partial charge on any atom is 0.335 e. The van der Waals surface area contributed by atoms with Crippen LogP contribution >= 0.6 is 0 Å². The molecule has 0 aromatic heterocycles. The summed E-state index contributed by atoms with van der Waals surface area (Å²) < 4.78 is 5.61. The summed E-state index contributed by atoms with van der Waals surface area (Å²) in [5.74, 6) is -0.989. The predicted molar refractivity (Wildman–Crippen MR) is 124 cm³/mol. The second-order valence-electron chi connectivity index (χ2n) is 8.69. The molecule has 7 nitrogen and oxygen atoms in total. The van der Waals surface area contributed by atoms with Crippen LogP contribution in [-0.2, 0) is 0 Å². The van der Waals surface area contributed by atoms with E-state index in [1.54, 1.807) is 25.1 Å². The van der Waals surface area contributed by atoms with Crippen LogP contribution in [0.4, 0.5) is 0 Å². The van der Waals surface area contributed by atoms with E-state index in [4.69, 9.17) is 20.7 Å². The SMILES string of the molecule is Cc1c(OCC(=N)/C=C\C(=N)c2cccc(C(=O)O)c2)ccc(C(=O)CC(C)(C)C)c1O. The Labute approximate surface area is 187 Å². The maximum absolute atomic E-state index is 12.4. The molecule has 0 atom stereocenters. The number of allylic oxidation sites excluding steroid dienone is 1. The number of aromatic carboxylic acids is 1. The molecule has 0 saturated carbocycles. The van der Waals surface area contributed by atoms with Gasteiger partial charge in [-0.1, -0.05) is 32.9 Å². The van der Waals surface area contributed by atoms with Crippen LogP contribution in [0.5, 0.6) is 11.5 Å². The fourth-order valence-corrected chi connectivity index (χ4v) is 2.94. The van der Waals surface area contributed by atoms with Crippen molar-refractivity contribution >= 4 is 23.2 Å². The van der Waals surface area contributed by atoms with Crippen LogP contribution in [0.25, 0.3) is 0 Å². The van der Waals surface area contributed by atoms with Gasteiger partial charge in [0.1, 0.15) is 18.1 Å². The van der Waals surface area contributed by atoms with Crippen molar-refractivity contribution < 1.29 is 24.5 Å². The molecule has 0 aliphatic heterocycles. The smallest absolute Gasteiger partial charge is 0.335 e. The van der Waals surface area contributed by atoms with Gasteiger partial charge in [-0.2, -0.15) is 0 Å². The van der Waals surface area contributed by atoms with Crippen molar-refractivity contribution in [2.45, 2.75) is 34.1 Å². The normalized spacial score (nSPS) is 11.4. The molecule has 0 aliphatic carbocycles. The molecule has 2 aromatic rings. The first-order valence-electron chi connectivity index (χ1n) is 10.1. The largest absolute Gasteiger partial charge is 0.507 e. The van der Waals surface area contributed by atoms with Gasteiger partial charge in [0.2, 0.25) is 0 Å². The van der Waals surface area contributed by atoms with Gasteiger partial charge in [0.15, 0.2) is 5.78 Å². The fourth-order valence-electron chi connectivity index (χ4n) is 2.94. The van der Waals surface area contributed by atoms with Crippen LogP contribution in [0.3, 0.4) is 0 Å². The molecule has 0 heterocycles. The van der Waals surface area contributed by atoms with Gasteiger partial charge in [0, 0.05) is 17.5 Å². The van der Waals surface area contributed by atoms with Crippen LogP contribution < -0.4 is 4.74 Å². The minimum atomic E-state index is -1.07. The zero-order valence-electron chi connectivity index (χ0n) is 18.7. The molecular weight excluding hydrogens is 408 g/mol. The molecule has 0 spiro atoms. The molecule has 0 fully saturated rings. The molecule has 0 unspecified atom stereocenters. The molecule has 2 aromatic carbocycles. The number of nitrogens with one attached hydrogen (secondary N) is 2. The van der Waals surface area contributed by atoms with Gasteiger partial charge in [-0.3, -0.25) is 4.79 Å². The van der Waals surface area contributed by atoms with Crippen molar-refractivity contribution in [2.24, 2.45) is 5.41 Å². The summed E-state index contributed by atoms with van der Waals surface area (Å²) in [5.41, 5.74) is 1.11. The van der Waals surface area contributed by atoms with Crippen molar-refractivity contribution in [2.75, 3.05) is 6.61 Å². The number of carboxylic acid groups (broad SMARTS) is 1. The first kappa shape index (κ1) is 24.5. The zero-order valence-corrected chi connectivity index (χ0v) is 18.7. The van der Waals surface area contributed by atoms with Gasteiger partial charge < -0.3 is 25.8 Å². The Morgan fingerprint density at radius 3 is 2.34 bits per heavy atom. The number of carboxylic acids is 1. The highest BCUT2D eigenvalue weighted by atomic mass is 16.5. The molecule has 4 N–H and O–H groups in total. The topological polar surface area (TPSA) is 132 Å². The minimum Gasteiger partial charge on any atom is -0.507 e. The van der Waals surface area contributed by atoms with E-state index in [1.807, 2.05) is 20.8 Å². The van der Waals surface area contributed by atoms with Gasteiger partial charge >= 0.3 is 5.97 Å². The Balaban J connectivity index is 2.03. The maximum atomic E-state index is 12.4. The summed E-state index contributed by atoms with van der Waals surface area (Å²) in [6, 6.07) is 9.13. The van der Waals surface area contributed by atoms with E-state index in [9.17, 15) is 14.7 Å². The third kappa shape index (κ3) is 6.63. The molecule has 168 valence electrons. The number of ketones is 1. The number of hydrogen-bond acceptors (Lipinski definition) is 6. The summed E-state index contributed by atoms with van der Waals surface area (Å²) in [7, 11) is 0. The summed E-state index contributed by atoms with van der Waals surface area (Å²) in [5, 5.41) is 35.6. The molecule has 7 heteroatoms. The van der Waals surface area contributed by atoms with Gasteiger partial charge in [-0.15, -0.1) is 0 Å². The molecule has 0 amide bonds. The first-order chi connectivity index (χ1) is 14.9. The molecule has 0 bridgehead atoms. The predicted octanol–water partition coefficient (Wildman–Crippen LogP) is 5.04. The number of hydrogen-bond donors (Lipinski definition) is 4. The first-order valence-corrected chi connectivity index (χ1v) is 10.1. The van der Waals surface area contributed by atoms with Gasteiger partial charge in [-0.25, -0.2) is 4.79 Å². The Morgan fingerprint density at radius 2 is 1.72 bits per heavy atom. The van der Waals surface area contributed by atoms with E-state index in [0.717, 1.165) is 0 Å². The average Bonchev–Trinajstić information content (AvgIpc) is 2.71. The third-order valence-electron chi connectivity index (χ3n) is 4.63. The lowest BCUT2D eigenvalue weighted by Gasteiger charge is -2.18. The quantitative estimate of drug-likeness (QED) is 0.323. The monoisotopic (exact) mass is 436 g/mol. The highest BCUT2D eigenvalue weighted by Gasteiger charge is 2.21. The summed E-state index contributed by atoms with van der Waals surface area (Å²) in [6.07, 6.45) is 3.09. The van der Waals surface area contributed by atoms with Crippen LogP contribution in [0.2, 0.25) is 0 Å². The van der Waals surface area contributed by atoms with Gasteiger partial charge in [0.25, 0.3) is 0 Å². The van der Waals surface area contributed by atoms with E-state index >= 15 is 0 Å². The number of carbonyl (C=O) groups is 2. The minimum absolute atomic E-state index is 0.0633. The Bertz CT molecular complexity index is 1090. The van der Waals surface area contributed by atoms with Gasteiger partial charge in [0.05, 0.1) is 22.6 Å². The van der Waals surface area contributed by atoms with Crippen LogP contribution in [-0.4, -0.2) is 40.0 Å². The van der Waals surface area contributed by atoms with Crippen molar-refractivity contribution in [3.63, 3.8) is 0 Å². The number of aromatic hydroxyl groups is 1. The number of rotatable bonds is 9. The van der Waals surface area contributed by atoms with Crippen LogP contribution in [0.1, 0.15) is 59.0 Å². The number of phenolic OH excluding ortho intramolecular Hbond substituents is 1. The molecular formula is C25H28N2O5. The lowest BCUT2D eigenvalue weighted by Crippen LogP contribution is -2.14. The standard InChI is InChI=1S/C25H28N2O5/c1-15-22(11-9-19(23(15)29)21(28)13-25(2,3)4)32-14-18(26)8-10-20(27)16-6-5-7-17(12-16)24(30)31/h5-12,26-27,29H,13-14H2,1-4H3,(H,30,31)/b10-8-,26-18?,27-20?. The van der Waals surface area contributed by atoms with Crippen LogP contribution in [0.15, 0.2) is 48.6 Å². The highest BCUT2D eigenvalue weighted by Crippen LogP contribution is 2.33. The summed E-state index contributed by atoms with van der Waals surface area (Å²) in [4.78, 5) is 23.5. The lowest BCUT2D eigenvalue weighted by molar-refractivity contribution is 0.0696. The van der Waals surface area contributed by atoms with Crippen molar-refractivity contribution in [3.05, 3.63) is 70.8 Å². The molecule has 2 rings (SSSR count). The van der Waals surface area contributed by atoms with Crippen molar-refractivity contribution in [1.29, 1.82) is 10.8 Å². The van der Waals surface area contributed by atoms with Crippen molar-refractivity contribution in [3.8, 4) is 11.5 Å². The van der Waals surface area contributed by atoms with E-state index in [-0.39, 0.29) is 46.1 Å². The lowest BCUT2D eigenvalue weighted by atomic mass is 9.87. The number of Topliss-reactive ketones (excluding diaryl/α,β-unsaturated/α-hetero) is 1. The molecule has 0 radical (unpaired) electrons. The molecule has 32 heavy (non-hydrogen) atoms. The zero-order chi connectivity index (χ0) is 24.1. The van der Waals surface area contributed by atoms with E-state index < -0.39 is 5.97 Å². The van der Waals surface area contributed by atoms with E-state index in [1.165, 1.54) is 30.4 Å². The van der Waals surface area contributed by atoms with Crippen LogP contribution in [0, 0.1) is 23.2 Å². The third-order valence-corrected chi connectivity index (χ3v) is 4.63. The Kier molecular flexibility index (Phi) is 7.70.